The van der Waals surface area contributed by atoms with Gasteiger partial charge in [-0.25, -0.2) is 17.9 Å². The fraction of sp³-hybridized carbons (Fsp3) is 0.222. The highest BCUT2D eigenvalue weighted by molar-refractivity contribution is 7.90. The van der Waals surface area contributed by atoms with Gasteiger partial charge in [-0.15, -0.1) is 0 Å². The average Bonchev–Trinajstić information content (AvgIpc) is 2.26. The van der Waals surface area contributed by atoms with E-state index in [0.29, 0.717) is 0 Å². The second kappa shape index (κ2) is 5.63. The summed E-state index contributed by atoms with van der Waals surface area (Å²) in [6.07, 6.45) is -3.51. The van der Waals surface area contributed by atoms with Crippen molar-refractivity contribution in [1.29, 1.82) is 0 Å². The summed E-state index contributed by atoms with van der Waals surface area (Å²) in [5.41, 5.74) is -0.649. The zero-order valence-corrected chi connectivity index (χ0v) is 10.2. The second-order valence-corrected chi connectivity index (χ2v) is 5.29. The lowest BCUT2D eigenvalue weighted by molar-refractivity contribution is -0.386. The Balaban J connectivity index is 2.99. The summed E-state index contributed by atoms with van der Waals surface area (Å²) < 4.78 is 23.8. The molecule has 0 aliphatic heterocycles. The number of rotatable bonds is 5. The van der Waals surface area contributed by atoms with Gasteiger partial charge < -0.3 is 10.2 Å². The van der Waals surface area contributed by atoms with Crippen LogP contribution in [0.4, 0.5) is 10.5 Å². The van der Waals surface area contributed by atoms with Crippen LogP contribution in [0.25, 0.3) is 0 Å². The van der Waals surface area contributed by atoms with Crippen molar-refractivity contribution in [2.45, 2.75) is 6.10 Å². The topological polar surface area (TPSA) is 147 Å². The molecule has 1 rings (SSSR count). The number of para-hydroxylation sites is 1. The number of aliphatic hydroxyl groups is 1. The number of hydrogen-bond donors (Lipinski definition) is 3. The van der Waals surface area contributed by atoms with E-state index in [1.807, 2.05) is 0 Å². The monoisotopic (exact) mass is 290 g/mol. The minimum Gasteiger partial charge on any atom is -0.464 e. The van der Waals surface area contributed by atoms with Crippen molar-refractivity contribution in [2.75, 3.05) is 5.75 Å². The number of amides is 1. The normalized spacial score (nSPS) is 12.7. The molecule has 0 aliphatic rings. The SMILES string of the molecule is O=C(O)NS(=O)(=O)CC(O)c1ccccc1[N+](=O)[O-]. The van der Waals surface area contributed by atoms with Crippen molar-refractivity contribution >= 4 is 21.8 Å². The van der Waals surface area contributed by atoms with Crippen LogP contribution < -0.4 is 4.72 Å². The van der Waals surface area contributed by atoms with Crippen molar-refractivity contribution in [2.24, 2.45) is 0 Å². The number of sulfonamides is 1. The Hall–Kier alpha value is -2.20. The van der Waals surface area contributed by atoms with Crippen molar-refractivity contribution < 1.29 is 28.3 Å². The number of carboxylic acid groups (broad SMARTS) is 1. The van der Waals surface area contributed by atoms with Crippen LogP contribution in [-0.2, 0) is 10.0 Å². The number of benzene rings is 1. The lowest BCUT2D eigenvalue weighted by atomic mass is 10.1. The number of nitro groups is 1. The minimum atomic E-state index is -4.29. The highest BCUT2D eigenvalue weighted by Crippen LogP contribution is 2.25. The van der Waals surface area contributed by atoms with Gasteiger partial charge in [0, 0.05) is 6.07 Å². The largest absolute Gasteiger partial charge is 0.464 e. The molecule has 1 aromatic carbocycles. The number of aliphatic hydroxyl groups excluding tert-OH is 1. The van der Waals surface area contributed by atoms with Gasteiger partial charge in [0.25, 0.3) is 5.69 Å². The molecule has 1 amide bonds. The highest BCUT2D eigenvalue weighted by atomic mass is 32.2. The molecule has 1 aromatic rings. The number of nitro benzene ring substituents is 1. The summed E-state index contributed by atoms with van der Waals surface area (Å²) in [5, 5.41) is 28.7. The predicted octanol–water partition coefficient (Wildman–Crippen LogP) is 0.226. The Morgan fingerprint density at radius 1 is 1.42 bits per heavy atom. The average molecular weight is 290 g/mol. The van der Waals surface area contributed by atoms with E-state index < -0.39 is 38.6 Å². The van der Waals surface area contributed by atoms with Crippen LogP contribution in [-0.4, -0.2) is 35.4 Å². The highest BCUT2D eigenvalue weighted by Gasteiger charge is 2.25. The number of carbonyl (C=O) groups is 1. The summed E-state index contributed by atoms with van der Waals surface area (Å²) >= 11 is 0. The molecule has 0 aromatic heterocycles. The van der Waals surface area contributed by atoms with Gasteiger partial charge in [0.1, 0.15) is 6.10 Å². The van der Waals surface area contributed by atoms with Crippen molar-refractivity contribution in [3.63, 3.8) is 0 Å². The maximum atomic E-state index is 11.3. The molecule has 0 radical (unpaired) electrons. The fourth-order valence-electron chi connectivity index (χ4n) is 1.41. The van der Waals surface area contributed by atoms with Gasteiger partial charge in [0.15, 0.2) is 0 Å². The van der Waals surface area contributed by atoms with Gasteiger partial charge in [-0.3, -0.25) is 10.1 Å². The first-order valence-electron chi connectivity index (χ1n) is 4.88. The summed E-state index contributed by atoms with van der Waals surface area (Å²) in [6.45, 7) is 0. The molecule has 9 nitrogen and oxygen atoms in total. The first-order valence-corrected chi connectivity index (χ1v) is 6.53. The molecule has 104 valence electrons. The Bertz CT molecular complexity index is 598. The lowest BCUT2D eigenvalue weighted by Gasteiger charge is -2.11. The predicted molar refractivity (Wildman–Crippen MR) is 63.0 cm³/mol. The van der Waals surface area contributed by atoms with Crippen LogP contribution in [0.1, 0.15) is 11.7 Å². The lowest BCUT2D eigenvalue weighted by Crippen LogP contribution is -2.33. The van der Waals surface area contributed by atoms with Gasteiger partial charge in [0.2, 0.25) is 10.0 Å². The Morgan fingerprint density at radius 3 is 2.53 bits per heavy atom. The van der Waals surface area contributed by atoms with E-state index in [1.165, 1.54) is 22.9 Å². The number of nitrogens with one attached hydrogen (secondary N) is 1. The minimum absolute atomic E-state index is 0.205. The van der Waals surface area contributed by atoms with Crippen LogP contribution >= 0.6 is 0 Å². The van der Waals surface area contributed by atoms with Gasteiger partial charge in [0.05, 0.1) is 16.2 Å². The molecule has 1 unspecified atom stereocenters. The molecular formula is C9H10N2O7S. The third kappa shape index (κ3) is 4.19. The van der Waals surface area contributed by atoms with Gasteiger partial charge >= 0.3 is 6.09 Å². The summed E-state index contributed by atoms with van der Waals surface area (Å²) in [4.78, 5) is 20.2. The number of hydrogen-bond acceptors (Lipinski definition) is 6. The Kier molecular flexibility index (Phi) is 4.40. The van der Waals surface area contributed by atoms with E-state index in [0.717, 1.165) is 6.07 Å². The van der Waals surface area contributed by atoms with E-state index in [1.54, 1.807) is 0 Å². The van der Waals surface area contributed by atoms with E-state index in [-0.39, 0.29) is 5.56 Å². The second-order valence-electron chi connectivity index (χ2n) is 3.52. The van der Waals surface area contributed by atoms with E-state index in [4.69, 9.17) is 5.11 Å². The van der Waals surface area contributed by atoms with Crippen molar-refractivity contribution in [3.05, 3.63) is 39.9 Å². The first kappa shape index (κ1) is 14.9. The molecule has 3 N–H and O–H groups in total. The maximum Gasteiger partial charge on any atom is 0.418 e. The molecule has 0 aliphatic carbocycles. The molecule has 1 atom stereocenters. The summed E-state index contributed by atoms with van der Waals surface area (Å²) in [7, 11) is -4.29. The molecule has 0 spiro atoms. The summed E-state index contributed by atoms with van der Waals surface area (Å²) in [5.74, 6) is -0.996. The standard InChI is InChI=1S/C9H10N2O7S/c12-8(5-19(17,18)10-9(13)14)6-3-1-2-4-7(6)11(15)16/h1-4,8,10,12H,5H2,(H,13,14). The maximum absolute atomic E-state index is 11.3. The molecule has 19 heavy (non-hydrogen) atoms. The molecule has 10 heteroatoms. The van der Waals surface area contributed by atoms with Crippen LogP contribution in [0.15, 0.2) is 24.3 Å². The van der Waals surface area contributed by atoms with Crippen LogP contribution in [0.5, 0.6) is 0 Å². The third-order valence-electron chi connectivity index (χ3n) is 2.11. The molecular weight excluding hydrogens is 280 g/mol. The number of nitrogens with zero attached hydrogens (tertiary/aromatic N) is 1. The molecule has 0 heterocycles. The fourth-order valence-corrected chi connectivity index (χ4v) is 2.35. The Labute approximate surface area is 107 Å². The molecule has 0 fully saturated rings. The van der Waals surface area contributed by atoms with E-state index in [9.17, 15) is 28.4 Å². The molecule has 0 saturated carbocycles. The molecule has 0 bridgehead atoms. The van der Waals surface area contributed by atoms with E-state index >= 15 is 0 Å². The van der Waals surface area contributed by atoms with Gasteiger partial charge in [-0.2, -0.15) is 0 Å². The first-order chi connectivity index (χ1) is 8.73. The smallest absolute Gasteiger partial charge is 0.418 e. The quantitative estimate of drug-likeness (QED) is 0.519. The zero-order valence-electron chi connectivity index (χ0n) is 9.38. The van der Waals surface area contributed by atoms with E-state index in [2.05, 4.69) is 0 Å². The Morgan fingerprint density at radius 2 is 2.00 bits per heavy atom. The van der Waals surface area contributed by atoms with Crippen LogP contribution in [0.2, 0.25) is 0 Å². The van der Waals surface area contributed by atoms with Crippen molar-refractivity contribution in [3.8, 4) is 0 Å². The van der Waals surface area contributed by atoms with Gasteiger partial charge in [-0.1, -0.05) is 12.1 Å². The zero-order chi connectivity index (χ0) is 14.6. The van der Waals surface area contributed by atoms with Crippen LogP contribution in [0.3, 0.4) is 0 Å². The third-order valence-corrected chi connectivity index (χ3v) is 3.35. The summed E-state index contributed by atoms with van der Waals surface area (Å²) in [6, 6.07) is 5.05. The van der Waals surface area contributed by atoms with Gasteiger partial charge in [-0.05, 0) is 6.07 Å². The van der Waals surface area contributed by atoms with Crippen molar-refractivity contribution in [1.82, 2.24) is 4.72 Å². The van der Waals surface area contributed by atoms with Crippen LogP contribution in [0, 0.1) is 10.1 Å². The molecule has 0 saturated heterocycles.